The molecule has 1 unspecified atom stereocenters. The van der Waals surface area contributed by atoms with Crippen LogP contribution in [0.4, 0.5) is 0 Å². The minimum absolute atomic E-state index is 0.613. The Morgan fingerprint density at radius 2 is 2.27 bits per heavy atom. The second kappa shape index (κ2) is 5.10. The van der Waals surface area contributed by atoms with Gasteiger partial charge in [0.2, 0.25) is 0 Å². The fourth-order valence-corrected chi connectivity index (χ4v) is 2.59. The monoisotopic (exact) mass is 268 g/mol. The van der Waals surface area contributed by atoms with E-state index in [1.807, 2.05) is 0 Å². The molecule has 3 N–H and O–H groups in total. The van der Waals surface area contributed by atoms with Crippen molar-refractivity contribution in [2.45, 2.75) is 25.3 Å². The van der Waals surface area contributed by atoms with Crippen molar-refractivity contribution in [3.63, 3.8) is 0 Å². The molecule has 2 nitrogen and oxygen atoms in total. The van der Waals surface area contributed by atoms with E-state index in [1.165, 1.54) is 28.4 Å². The third kappa shape index (κ3) is 2.80. The van der Waals surface area contributed by atoms with Crippen LogP contribution in [-0.4, -0.2) is 19.1 Å². The zero-order valence-electron chi connectivity index (χ0n) is 8.80. The minimum Gasteiger partial charge on any atom is -0.329 e. The van der Waals surface area contributed by atoms with Gasteiger partial charge in [0, 0.05) is 23.6 Å². The van der Waals surface area contributed by atoms with Crippen LogP contribution in [0, 0.1) is 0 Å². The van der Waals surface area contributed by atoms with Crippen LogP contribution in [-0.2, 0) is 12.8 Å². The summed E-state index contributed by atoms with van der Waals surface area (Å²) in [6, 6.07) is 7.22. The van der Waals surface area contributed by atoms with Gasteiger partial charge in [0.15, 0.2) is 0 Å². The Morgan fingerprint density at radius 1 is 1.40 bits per heavy atom. The fourth-order valence-electron chi connectivity index (χ4n) is 2.19. The summed E-state index contributed by atoms with van der Waals surface area (Å²) >= 11 is 3.52. The Bertz CT molecular complexity index is 338. The van der Waals surface area contributed by atoms with E-state index >= 15 is 0 Å². The molecule has 1 aliphatic carbocycles. The Labute approximate surface area is 99.4 Å². The molecule has 0 amide bonds. The lowest BCUT2D eigenvalue weighted by atomic mass is 9.88. The maximum Gasteiger partial charge on any atom is 0.0178 e. The fraction of sp³-hybridized carbons (Fsp3) is 0.500. The zero-order valence-corrected chi connectivity index (χ0v) is 10.4. The molecule has 82 valence electrons. The molecule has 0 saturated carbocycles. The van der Waals surface area contributed by atoms with E-state index in [9.17, 15) is 0 Å². The van der Waals surface area contributed by atoms with Crippen LogP contribution in [0.25, 0.3) is 0 Å². The molecule has 1 aromatic carbocycles. The number of nitrogens with two attached hydrogens (primary N) is 1. The van der Waals surface area contributed by atoms with Gasteiger partial charge in [-0.1, -0.05) is 22.0 Å². The number of aryl methyl sites for hydroxylation is 1. The van der Waals surface area contributed by atoms with Gasteiger partial charge < -0.3 is 11.1 Å². The predicted octanol–water partition coefficient (Wildman–Crippen LogP) is 1.85. The summed E-state index contributed by atoms with van der Waals surface area (Å²) in [5.41, 5.74) is 8.47. The zero-order chi connectivity index (χ0) is 10.7. The molecule has 0 radical (unpaired) electrons. The van der Waals surface area contributed by atoms with Crippen LogP contribution < -0.4 is 11.1 Å². The smallest absolute Gasteiger partial charge is 0.0178 e. The lowest BCUT2D eigenvalue weighted by molar-refractivity contribution is 0.464. The number of halogens is 1. The minimum atomic E-state index is 0.613. The highest BCUT2D eigenvalue weighted by atomic mass is 79.9. The summed E-state index contributed by atoms with van der Waals surface area (Å²) in [4.78, 5) is 0. The van der Waals surface area contributed by atoms with Gasteiger partial charge >= 0.3 is 0 Å². The van der Waals surface area contributed by atoms with Crippen LogP contribution in [0.15, 0.2) is 22.7 Å². The summed E-state index contributed by atoms with van der Waals surface area (Å²) in [6.07, 6.45) is 3.54. The van der Waals surface area contributed by atoms with Crippen molar-refractivity contribution in [3.05, 3.63) is 33.8 Å². The number of hydrogen-bond acceptors (Lipinski definition) is 2. The summed E-state index contributed by atoms with van der Waals surface area (Å²) in [5.74, 6) is 0. The Morgan fingerprint density at radius 3 is 3.07 bits per heavy atom. The van der Waals surface area contributed by atoms with Crippen LogP contribution >= 0.6 is 15.9 Å². The van der Waals surface area contributed by atoms with Gasteiger partial charge in [0.25, 0.3) is 0 Å². The Kier molecular flexibility index (Phi) is 3.78. The number of hydrogen-bond donors (Lipinski definition) is 2. The summed E-state index contributed by atoms with van der Waals surface area (Å²) in [7, 11) is 0. The van der Waals surface area contributed by atoms with E-state index in [4.69, 9.17) is 5.73 Å². The predicted molar refractivity (Wildman–Crippen MR) is 67.0 cm³/mol. The molecule has 15 heavy (non-hydrogen) atoms. The molecule has 1 atom stereocenters. The Balaban J connectivity index is 2.03. The quantitative estimate of drug-likeness (QED) is 0.879. The number of rotatable bonds is 3. The van der Waals surface area contributed by atoms with Crippen molar-refractivity contribution in [2.75, 3.05) is 13.1 Å². The first-order chi connectivity index (χ1) is 7.29. The van der Waals surface area contributed by atoms with E-state index in [0.29, 0.717) is 6.04 Å². The first-order valence-corrected chi connectivity index (χ1v) is 6.29. The second-order valence-corrected chi connectivity index (χ2v) is 5.01. The van der Waals surface area contributed by atoms with Gasteiger partial charge in [-0.05, 0) is 42.5 Å². The molecule has 0 heterocycles. The molecule has 0 fully saturated rings. The maximum absolute atomic E-state index is 5.49. The van der Waals surface area contributed by atoms with E-state index in [-0.39, 0.29) is 0 Å². The van der Waals surface area contributed by atoms with Gasteiger partial charge in [-0.2, -0.15) is 0 Å². The number of fused-ring (bicyclic) bond motifs is 1. The van der Waals surface area contributed by atoms with Gasteiger partial charge in [0.1, 0.15) is 0 Å². The summed E-state index contributed by atoms with van der Waals surface area (Å²) < 4.78 is 1.19. The second-order valence-electron chi connectivity index (χ2n) is 4.10. The lowest BCUT2D eigenvalue weighted by Crippen LogP contribution is -2.37. The average molecular weight is 269 g/mol. The standard InChI is InChI=1S/C12H17BrN2/c13-11-3-1-10-8-12(15-6-5-14)4-2-9(10)7-11/h1,3,7,12,15H,2,4-6,8,14H2. The average Bonchev–Trinajstić information content (AvgIpc) is 2.26. The van der Waals surface area contributed by atoms with Crippen molar-refractivity contribution in [1.29, 1.82) is 0 Å². The van der Waals surface area contributed by atoms with Gasteiger partial charge in [-0.25, -0.2) is 0 Å². The normalized spacial score (nSPS) is 20.0. The number of benzene rings is 1. The summed E-state index contributed by atoms with van der Waals surface area (Å²) in [6.45, 7) is 1.65. The largest absolute Gasteiger partial charge is 0.329 e. The molecule has 0 spiro atoms. The van der Waals surface area contributed by atoms with Crippen molar-refractivity contribution in [1.82, 2.24) is 5.32 Å². The van der Waals surface area contributed by atoms with Gasteiger partial charge in [0.05, 0.1) is 0 Å². The van der Waals surface area contributed by atoms with Crippen molar-refractivity contribution >= 4 is 15.9 Å². The van der Waals surface area contributed by atoms with E-state index in [2.05, 4.69) is 39.4 Å². The molecule has 1 aromatic rings. The molecule has 2 rings (SSSR count). The van der Waals surface area contributed by atoms with E-state index in [0.717, 1.165) is 19.5 Å². The molecule has 1 aliphatic rings. The molecule has 0 bridgehead atoms. The van der Waals surface area contributed by atoms with Crippen molar-refractivity contribution in [2.24, 2.45) is 5.73 Å². The topological polar surface area (TPSA) is 38.0 Å². The number of nitrogens with one attached hydrogen (secondary N) is 1. The van der Waals surface area contributed by atoms with Crippen LogP contribution in [0.5, 0.6) is 0 Å². The Hall–Kier alpha value is -0.380. The maximum atomic E-state index is 5.49. The highest BCUT2D eigenvalue weighted by Gasteiger charge is 2.17. The van der Waals surface area contributed by atoms with Gasteiger partial charge in [-0.3, -0.25) is 0 Å². The van der Waals surface area contributed by atoms with Crippen LogP contribution in [0.3, 0.4) is 0 Å². The molecule has 0 aliphatic heterocycles. The van der Waals surface area contributed by atoms with Crippen LogP contribution in [0.1, 0.15) is 17.5 Å². The molecular weight excluding hydrogens is 252 g/mol. The van der Waals surface area contributed by atoms with E-state index in [1.54, 1.807) is 0 Å². The molecule has 3 heteroatoms. The van der Waals surface area contributed by atoms with Crippen LogP contribution in [0.2, 0.25) is 0 Å². The highest BCUT2D eigenvalue weighted by Crippen LogP contribution is 2.24. The molecular formula is C12H17BrN2. The van der Waals surface area contributed by atoms with E-state index < -0.39 is 0 Å². The van der Waals surface area contributed by atoms with Crippen molar-refractivity contribution in [3.8, 4) is 0 Å². The van der Waals surface area contributed by atoms with Gasteiger partial charge in [-0.15, -0.1) is 0 Å². The molecule has 0 saturated heterocycles. The lowest BCUT2D eigenvalue weighted by Gasteiger charge is -2.25. The SMILES string of the molecule is NCCNC1CCc2cc(Br)ccc2C1. The highest BCUT2D eigenvalue weighted by molar-refractivity contribution is 9.10. The third-order valence-corrected chi connectivity index (χ3v) is 3.47. The third-order valence-electron chi connectivity index (χ3n) is 2.97. The first kappa shape index (κ1) is 11.1. The summed E-state index contributed by atoms with van der Waals surface area (Å²) in [5, 5.41) is 3.49. The molecule has 0 aromatic heterocycles. The first-order valence-electron chi connectivity index (χ1n) is 5.50. The van der Waals surface area contributed by atoms with Crippen molar-refractivity contribution < 1.29 is 0 Å².